The summed E-state index contributed by atoms with van der Waals surface area (Å²) in [5, 5.41) is 10.5. The molecule has 4 rings (SSSR count). The Morgan fingerprint density at radius 3 is 2.50 bits per heavy atom. The molecule has 0 atom stereocenters. The fourth-order valence-electron chi connectivity index (χ4n) is 4.40. The first-order chi connectivity index (χ1) is 14.1. The molecule has 0 unspecified atom stereocenters. The van der Waals surface area contributed by atoms with Crippen LogP contribution in [0.5, 0.6) is 0 Å². The molecule has 4 heteroatoms. The monoisotopic (exact) mass is 422 g/mol. The summed E-state index contributed by atoms with van der Waals surface area (Å²) in [5.41, 5.74) is 4.55. The molecular formula is C26H28ClFN2. The average molecular weight is 423 g/mol. The fraction of sp³-hybridized carbons (Fsp3) is 0.346. The second-order valence-electron chi connectivity index (χ2n) is 9.66. The van der Waals surface area contributed by atoms with Crippen molar-refractivity contribution < 1.29 is 4.39 Å². The second-order valence-corrected chi connectivity index (χ2v) is 10.0. The quantitative estimate of drug-likeness (QED) is 0.348. The smallest absolute Gasteiger partial charge is 0.142 e. The largest absolute Gasteiger partial charge is 0.278 e. The van der Waals surface area contributed by atoms with Gasteiger partial charge in [-0.2, -0.15) is 5.10 Å². The predicted molar refractivity (Wildman–Crippen MR) is 125 cm³/mol. The van der Waals surface area contributed by atoms with E-state index in [-0.39, 0.29) is 21.7 Å². The maximum Gasteiger partial charge on any atom is 0.142 e. The molecule has 1 aromatic heterocycles. The molecule has 0 saturated heterocycles. The molecule has 0 bridgehead atoms. The molecule has 0 aliphatic rings. The van der Waals surface area contributed by atoms with Crippen LogP contribution in [-0.2, 0) is 10.8 Å². The highest BCUT2D eigenvalue weighted by atomic mass is 35.5. The minimum absolute atomic E-state index is 0.0129. The molecule has 0 fully saturated rings. The van der Waals surface area contributed by atoms with Gasteiger partial charge < -0.3 is 0 Å². The zero-order valence-corrected chi connectivity index (χ0v) is 19.0. The number of nitrogens with one attached hydrogen (secondary N) is 1. The number of fused-ring (bicyclic) bond motifs is 2. The van der Waals surface area contributed by atoms with E-state index in [9.17, 15) is 4.39 Å². The van der Waals surface area contributed by atoms with Crippen LogP contribution >= 0.6 is 11.6 Å². The molecule has 0 saturated carbocycles. The minimum Gasteiger partial charge on any atom is -0.278 e. The molecule has 0 spiro atoms. The van der Waals surface area contributed by atoms with Crippen LogP contribution in [0.2, 0.25) is 5.02 Å². The summed E-state index contributed by atoms with van der Waals surface area (Å²) in [6.45, 7) is 11.2. The summed E-state index contributed by atoms with van der Waals surface area (Å²) in [5.74, 6) is -0.365. The van der Waals surface area contributed by atoms with Gasteiger partial charge in [0, 0.05) is 10.8 Å². The summed E-state index contributed by atoms with van der Waals surface area (Å²) < 4.78 is 14.2. The zero-order chi connectivity index (χ0) is 21.7. The van der Waals surface area contributed by atoms with Gasteiger partial charge in [0.25, 0.3) is 0 Å². The molecule has 3 aromatic carbocycles. The Kier molecular flexibility index (Phi) is 5.14. The molecule has 1 heterocycles. The van der Waals surface area contributed by atoms with Crippen LogP contribution in [0.4, 0.5) is 4.39 Å². The van der Waals surface area contributed by atoms with Crippen LogP contribution in [0.1, 0.15) is 57.2 Å². The van der Waals surface area contributed by atoms with Gasteiger partial charge in [0.05, 0.1) is 16.7 Å². The highest BCUT2D eigenvalue weighted by Crippen LogP contribution is 2.41. The van der Waals surface area contributed by atoms with Crippen molar-refractivity contribution in [3.8, 4) is 0 Å². The van der Waals surface area contributed by atoms with Crippen LogP contribution in [0.25, 0.3) is 21.7 Å². The van der Waals surface area contributed by atoms with E-state index < -0.39 is 0 Å². The molecule has 2 nitrogen and oxygen atoms in total. The molecule has 1 N–H and O–H groups in total. The lowest BCUT2D eigenvalue weighted by molar-refractivity contribution is 0.376. The number of aromatic amines is 1. The van der Waals surface area contributed by atoms with Gasteiger partial charge >= 0.3 is 0 Å². The second kappa shape index (κ2) is 7.39. The van der Waals surface area contributed by atoms with Crippen LogP contribution in [-0.4, -0.2) is 10.2 Å². The molecule has 0 radical (unpaired) electrons. The van der Waals surface area contributed by atoms with E-state index >= 15 is 0 Å². The topological polar surface area (TPSA) is 28.7 Å². The van der Waals surface area contributed by atoms with E-state index in [4.69, 9.17) is 11.6 Å². The van der Waals surface area contributed by atoms with Crippen molar-refractivity contribution >= 4 is 33.3 Å². The third kappa shape index (κ3) is 3.60. The van der Waals surface area contributed by atoms with Gasteiger partial charge in [0.15, 0.2) is 0 Å². The van der Waals surface area contributed by atoms with E-state index in [0.29, 0.717) is 0 Å². The van der Waals surface area contributed by atoms with E-state index in [0.717, 1.165) is 34.7 Å². The summed E-state index contributed by atoms with van der Waals surface area (Å²) in [6, 6.07) is 13.9. The van der Waals surface area contributed by atoms with E-state index in [1.54, 1.807) is 0 Å². The number of nitrogens with zero attached hydrogens (tertiary/aromatic N) is 1. The Hall–Kier alpha value is -2.39. The van der Waals surface area contributed by atoms with Gasteiger partial charge in [-0.25, -0.2) is 4.39 Å². The molecule has 0 aliphatic carbocycles. The summed E-state index contributed by atoms with van der Waals surface area (Å²) in [7, 11) is 0. The van der Waals surface area contributed by atoms with Gasteiger partial charge in [-0.1, -0.05) is 69.6 Å². The van der Waals surface area contributed by atoms with Gasteiger partial charge in [-0.15, -0.1) is 0 Å². The van der Waals surface area contributed by atoms with Crippen LogP contribution < -0.4 is 0 Å². The van der Waals surface area contributed by atoms with Gasteiger partial charge in [0.2, 0.25) is 0 Å². The number of H-pyrrole nitrogens is 1. The van der Waals surface area contributed by atoms with Crippen molar-refractivity contribution in [3.63, 3.8) is 0 Å². The van der Waals surface area contributed by atoms with Crippen molar-refractivity contribution in [1.29, 1.82) is 0 Å². The first kappa shape index (κ1) is 20.9. The number of aryl methyl sites for hydroxylation is 1. The first-order valence-electron chi connectivity index (χ1n) is 10.4. The Morgan fingerprint density at radius 1 is 1.00 bits per heavy atom. The Bertz CT molecular complexity index is 1240. The van der Waals surface area contributed by atoms with Crippen molar-refractivity contribution in [1.82, 2.24) is 10.2 Å². The van der Waals surface area contributed by atoms with Crippen molar-refractivity contribution in [2.75, 3.05) is 0 Å². The summed E-state index contributed by atoms with van der Waals surface area (Å²) in [6.07, 6.45) is 3.82. The van der Waals surface area contributed by atoms with Crippen LogP contribution in [0.15, 0.2) is 48.7 Å². The maximum absolute atomic E-state index is 14.2. The third-order valence-corrected chi connectivity index (χ3v) is 6.96. The highest BCUT2D eigenvalue weighted by Gasteiger charge is 2.29. The summed E-state index contributed by atoms with van der Waals surface area (Å²) >= 11 is 6.40. The Morgan fingerprint density at radius 2 is 1.73 bits per heavy atom. The van der Waals surface area contributed by atoms with Crippen molar-refractivity contribution in [2.24, 2.45) is 0 Å². The molecule has 0 aliphatic heterocycles. The number of aromatic nitrogens is 2. The minimum atomic E-state index is -0.365. The Balaban J connectivity index is 1.66. The molecule has 156 valence electrons. The van der Waals surface area contributed by atoms with Crippen LogP contribution in [0, 0.1) is 12.7 Å². The number of halogens is 2. The van der Waals surface area contributed by atoms with E-state index in [1.165, 1.54) is 22.6 Å². The Labute approximate surface area is 182 Å². The molecule has 0 amide bonds. The number of hydrogen-bond acceptors (Lipinski definition) is 1. The van der Waals surface area contributed by atoms with E-state index in [1.807, 2.05) is 24.4 Å². The molecule has 30 heavy (non-hydrogen) atoms. The maximum atomic E-state index is 14.2. The number of rotatable bonds is 5. The predicted octanol–water partition coefficient (Wildman–Crippen LogP) is 7.85. The summed E-state index contributed by atoms with van der Waals surface area (Å²) in [4.78, 5) is 0. The first-order valence-corrected chi connectivity index (χ1v) is 10.8. The SMILES string of the molecule is Cc1cc(C(C)(C)CCC(C)(C)c2cccc3ccc(F)c(Cl)c23)cc2[nH]ncc12. The molecule has 4 aromatic rings. The highest BCUT2D eigenvalue weighted by molar-refractivity contribution is 6.36. The normalized spacial score (nSPS) is 12.8. The fourth-order valence-corrected chi connectivity index (χ4v) is 4.67. The molecular weight excluding hydrogens is 395 g/mol. The average Bonchev–Trinajstić information content (AvgIpc) is 3.18. The lowest BCUT2D eigenvalue weighted by atomic mass is 9.71. The lowest BCUT2D eigenvalue weighted by Gasteiger charge is -2.33. The van der Waals surface area contributed by atoms with Gasteiger partial charge in [-0.05, 0) is 64.8 Å². The van der Waals surface area contributed by atoms with Crippen LogP contribution in [0.3, 0.4) is 0 Å². The van der Waals surface area contributed by atoms with Gasteiger partial charge in [-0.3, -0.25) is 5.10 Å². The van der Waals surface area contributed by atoms with Gasteiger partial charge in [0.1, 0.15) is 5.82 Å². The van der Waals surface area contributed by atoms with E-state index in [2.05, 4.69) is 63.0 Å². The zero-order valence-electron chi connectivity index (χ0n) is 18.2. The number of hydrogen-bond donors (Lipinski definition) is 1. The standard InChI is InChI=1S/C26H28ClFN2/c1-16-13-18(14-22-19(16)15-29-30-22)25(2,3)11-12-26(4,5)20-8-6-7-17-9-10-21(28)24(27)23(17)20/h6-10,13-15H,11-12H2,1-5H3,(H,29,30). The number of benzene rings is 3. The van der Waals surface area contributed by atoms with Crippen molar-refractivity contribution in [2.45, 2.75) is 58.3 Å². The third-order valence-electron chi connectivity index (χ3n) is 6.59. The lowest BCUT2D eigenvalue weighted by Crippen LogP contribution is -2.24. The van der Waals surface area contributed by atoms with Crippen molar-refractivity contribution in [3.05, 3.63) is 76.2 Å².